The Hall–Kier alpha value is -1.02. The lowest BCUT2D eigenvalue weighted by Crippen LogP contribution is -2.40. The van der Waals surface area contributed by atoms with Gasteiger partial charge < -0.3 is 10.4 Å². The summed E-state index contributed by atoms with van der Waals surface area (Å²) in [5.41, 5.74) is 1.18. The molecule has 2 N–H and O–H groups in total. The Morgan fingerprint density at radius 2 is 1.75 bits per heavy atom. The van der Waals surface area contributed by atoms with Crippen LogP contribution in [0.25, 0.3) is 0 Å². The minimum absolute atomic E-state index is 0.121. The highest BCUT2D eigenvalue weighted by Gasteiger charge is 2.31. The molecule has 0 amide bonds. The van der Waals surface area contributed by atoms with Gasteiger partial charge in [-0.15, -0.1) is 0 Å². The van der Waals surface area contributed by atoms with E-state index in [1.54, 1.807) is 0 Å². The minimum Gasteiger partial charge on any atom is -0.393 e. The second-order valence-corrected chi connectivity index (χ2v) is 5.11. The number of anilines is 1. The van der Waals surface area contributed by atoms with Crippen molar-refractivity contribution < 1.29 is 5.11 Å². The smallest absolute Gasteiger partial charge is 0.0569 e. The van der Waals surface area contributed by atoms with E-state index in [-0.39, 0.29) is 6.10 Å². The molecule has 1 aliphatic rings. The summed E-state index contributed by atoms with van der Waals surface area (Å²) in [6.07, 6.45) is 1.84. The van der Waals surface area contributed by atoms with E-state index in [9.17, 15) is 5.11 Å². The molecule has 0 spiro atoms. The standard InChI is InChI=1S/C14H21NO/c1-10-9-14(16)11(2)8-13(10)15-12-6-4-3-5-7-12/h3-7,10-11,13-16H,8-9H2,1-2H3. The van der Waals surface area contributed by atoms with Crippen LogP contribution in [0.5, 0.6) is 0 Å². The number of rotatable bonds is 2. The molecule has 0 heterocycles. The molecule has 16 heavy (non-hydrogen) atoms. The molecule has 4 atom stereocenters. The highest BCUT2D eigenvalue weighted by Crippen LogP contribution is 2.30. The number of para-hydroxylation sites is 1. The van der Waals surface area contributed by atoms with Crippen molar-refractivity contribution in [2.24, 2.45) is 11.8 Å². The van der Waals surface area contributed by atoms with Crippen molar-refractivity contribution in [1.82, 2.24) is 0 Å². The van der Waals surface area contributed by atoms with Gasteiger partial charge in [-0.3, -0.25) is 0 Å². The summed E-state index contributed by atoms with van der Waals surface area (Å²) in [5, 5.41) is 13.4. The highest BCUT2D eigenvalue weighted by molar-refractivity contribution is 5.43. The number of benzene rings is 1. The minimum atomic E-state index is -0.121. The molecule has 1 saturated carbocycles. The Kier molecular flexibility index (Phi) is 3.49. The molecule has 2 heteroatoms. The van der Waals surface area contributed by atoms with Crippen molar-refractivity contribution in [3.05, 3.63) is 30.3 Å². The first kappa shape index (κ1) is 11.5. The van der Waals surface area contributed by atoms with Gasteiger partial charge in [-0.1, -0.05) is 32.0 Å². The third-order valence-electron chi connectivity index (χ3n) is 3.71. The number of nitrogens with one attached hydrogen (secondary N) is 1. The van der Waals surface area contributed by atoms with Gasteiger partial charge in [0.25, 0.3) is 0 Å². The molecule has 0 saturated heterocycles. The Morgan fingerprint density at radius 1 is 1.06 bits per heavy atom. The lowest BCUT2D eigenvalue weighted by Gasteiger charge is -2.37. The van der Waals surface area contributed by atoms with Crippen LogP contribution in [0.1, 0.15) is 26.7 Å². The maximum atomic E-state index is 9.80. The maximum Gasteiger partial charge on any atom is 0.0569 e. The van der Waals surface area contributed by atoms with Gasteiger partial charge in [0, 0.05) is 11.7 Å². The average Bonchev–Trinajstić information content (AvgIpc) is 2.27. The fourth-order valence-electron chi connectivity index (χ4n) is 2.52. The van der Waals surface area contributed by atoms with E-state index in [0.29, 0.717) is 17.9 Å². The average molecular weight is 219 g/mol. The van der Waals surface area contributed by atoms with Crippen LogP contribution < -0.4 is 5.32 Å². The van der Waals surface area contributed by atoms with E-state index < -0.39 is 0 Å². The van der Waals surface area contributed by atoms with Gasteiger partial charge in [-0.05, 0) is 36.8 Å². The van der Waals surface area contributed by atoms with Crippen LogP contribution >= 0.6 is 0 Å². The first-order valence-corrected chi connectivity index (χ1v) is 6.16. The first-order valence-electron chi connectivity index (χ1n) is 6.16. The van der Waals surface area contributed by atoms with Crippen molar-refractivity contribution in [3.8, 4) is 0 Å². The maximum absolute atomic E-state index is 9.80. The van der Waals surface area contributed by atoms with Crippen LogP contribution in [0.15, 0.2) is 30.3 Å². The van der Waals surface area contributed by atoms with Crippen LogP contribution in [0, 0.1) is 11.8 Å². The molecule has 1 aliphatic carbocycles. The van der Waals surface area contributed by atoms with E-state index in [2.05, 4.69) is 31.3 Å². The van der Waals surface area contributed by atoms with Gasteiger partial charge in [0.05, 0.1) is 6.10 Å². The summed E-state index contributed by atoms with van der Waals surface area (Å²) >= 11 is 0. The lowest BCUT2D eigenvalue weighted by molar-refractivity contribution is 0.0517. The molecule has 0 bridgehead atoms. The second kappa shape index (κ2) is 4.88. The first-order chi connectivity index (χ1) is 7.66. The molecule has 1 aromatic rings. The Labute approximate surface area is 97.7 Å². The highest BCUT2D eigenvalue weighted by atomic mass is 16.3. The predicted octanol–water partition coefficient (Wildman–Crippen LogP) is 2.89. The molecule has 0 aromatic heterocycles. The molecule has 2 rings (SSSR count). The van der Waals surface area contributed by atoms with Gasteiger partial charge in [0.2, 0.25) is 0 Å². The molecule has 88 valence electrons. The number of aliphatic hydroxyl groups is 1. The largest absolute Gasteiger partial charge is 0.393 e. The van der Waals surface area contributed by atoms with Gasteiger partial charge in [-0.2, -0.15) is 0 Å². The third-order valence-corrected chi connectivity index (χ3v) is 3.71. The Balaban J connectivity index is 2.00. The van der Waals surface area contributed by atoms with Crippen molar-refractivity contribution in [3.63, 3.8) is 0 Å². The predicted molar refractivity (Wildman–Crippen MR) is 67.4 cm³/mol. The topological polar surface area (TPSA) is 32.3 Å². The van der Waals surface area contributed by atoms with Crippen molar-refractivity contribution in [1.29, 1.82) is 0 Å². The quantitative estimate of drug-likeness (QED) is 0.801. The zero-order chi connectivity index (χ0) is 11.5. The zero-order valence-electron chi connectivity index (χ0n) is 10.1. The van der Waals surface area contributed by atoms with Crippen LogP contribution in [0.2, 0.25) is 0 Å². The number of aliphatic hydroxyl groups excluding tert-OH is 1. The van der Waals surface area contributed by atoms with Crippen LogP contribution in [0.3, 0.4) is 0 Å². The van der Waals surface area contributed by atoms with Gasteiger partial charge >= 0.3 is 0 Å². The molecular weight excluding hydrogens is 198 g/mol. The fraction of sp³-hybridized carbons (Fsp3) is 0.571. The zero-order valence-corrected chi connectivity index (χ0v) is 10.1. The monoisotopic (exact) mass is 219 g/mol. The Bertz CT molecular complexity index is 325. The van der Waals surface area contributed by atoms with E-state index in [1.807, 2.05) is 18.2 Å². The van der Waals surface area contributed by atoms with E-state index in [4.69, 9.17) is 0 Å². The third kappa shape index (κ3) is 2.56. The van der Waals surface area contributed by atoms with Crippen molar-refractivity contribution in [2.45, 2.75) is 38.8 Å². The van der Waals surface area contributed by atoms with Crippen molar-refractivity contribution >= 4 is 5.69 Å². The molecule has 1 aromatic carbocycles. The van der Waals surface area contributed by atoms with Gasteiger partial charge in [-0.25, -0.2) is 0 Å². The second-order valence-electron chi connectivity index (χ2n) is 5.11. The summed E-state index contributed by atoms with van der Waals surface area (Å²) in [6, 6.07) is 10.8. The van der Waals surface area contributed by atoms with Crippen molar-refractivity contribution in [2.75, 3.05) is 5.32 Å². The Morgan fingerprint density at radius 3 is 2.44 bits per heavy atom. The van der Waals surface area contributed by atoms with Crippen LogP contribution in [-0.2, 0) is 0 Å². The molecule has 0 radical (unpaired) electrons. The van der Waals surface area contributed by atoms with Crippen LogP contribution in [-0.4, -0.2) is 17.3 Å². The number of hydrogen-bond donors (Lipinski definition) is 2. The van der Waals surface area contributed by atoms with Gasteiger partial charge in [0.15, 0.2) is 0 Å². The van der Waals surface area contributed by atoms with E-state index >= 15 is 0 Å². The summed E-state index contributed by atoms with van der Waals surface area (Å²) < 4.78 is 0. The summed E-state index contributed by atoms with van der Waals surface area (Å²) in [4.78, 5) is 0. The molecule has 0 aliphatic heterocycles. The summed E-state index contributed by atoms with van der Waals surface area (Å²) in [6.45, 7) is 4.35. The summed E-state index contributed by atoms with van der Waals surface area (Å²) in [7, 11) is 0. The van der Waals surface area contributed by atoms with Crippen LogP contribution in [0.4, 0.5) is 5.69 Å². The van der Waals surface area contributed by atoms with E-state index in [0.717, 1.165) is 12.8 Å². The molecular formula is C14H21NO. The SMILES string of the molecule is CC1CC(Nc2ccccc2)C(C)CC1O. The molecule has 4 unspecified atom stereocenters. The van der Waals surface area contributed by atoms with Gasteiger partial charge in [0.1, 0.15) is 0 Å². The fourth-order valence-corrected chi connectivity index (χ4v) is 2.52. The summed E-state index contributed by atoms with van der Waals surface area (Å²) in [5.74, 6) is 0.934. The lowest BCUT2D eigenvalue weighted by atomic mass is 9.78. The van der Waals surface area contributed by atoms with E-state index in [1.165, 1.54) is 5.69 Å². The molecule has 2 nitrogen and oxygen atoms in total. The normalized spacial score (nSPS) is 34.7. The number of hydrogen-bond acceptors (Lipinski definition) is 2. The molecule has 1 fully saturated rings.